The fraction of sp³-hybridized carbons (Fsp3) is 0.750. The van der Waals surface area contributed by atoms with Gasteiger partial charge in [-0.05, 0) is 122 Å². The summed E-state index contributed by atoms with van der Waals surface area (Å²) in [4.78, 5) is 69.6. The summed E-state index contributed by atoms with van der Waals surface area (Å²) >= 11 is 0. The van der Waals surface area contributed by atoms with Crippen LogP contribution in [0.2, 0.25) is 0 Å². The van der Waals surface area contributed by atoms with Gasteiger partial charge in [-0.25, -0.2) is 4.79 Å². The fourth-order valence-corrected chi connectivity index (χ4v) is 9.87. The quantitative estimate of drug-likeness (QED) is 0.0405. The predicted octanol–water partition coefficient (Wildman–Crippen LogP) is 8.40. The largest absolute Gasteiger partial charge is 0.462 e. The van der Waals surface area contributed by atoms with Gasteiger partial charge in [0.05, 0.1) is 37.1 Å². The maximum absolute atomic E-state index is 13.8. The number of carbonyl (C=O) groups is 5. The van der Waals surface area contributed by atoms with E-state index < -0.39 is 72.3 Å². The molecule has 76 heavy (non-hydrogen) atoms. The number of amides is 1. The Labute approximate surface area is 458 Å². The Kier molecular flexibility index (Phi) is 34.0. The van der Waals surface area contributed by atoms with Gasteiger partial charge in [0.15, 0.2) is 5.78 Å². The molecule has 0 radical (unpaired) electrons. The summed E-state index contributed by atoms with van der Waals surface area (Å²) in [6.07, 6.45) is 17.4. The molecule has 16 heteroatoms. The van der Waals surface area contributed by atoms with Crippen molar-refractivity contribution in [2.24, 2.45) is 47.3 Å². The lowest BCUT2D eigenvalue weighted by Gasteiger charge is -2.35. The van der Waals surface area contributed by atoms with Crippen molar-refractivity contribution in [2.45, 2.75) is 182 Å². The average Bonchev–Trinajstić information content (AvgIpc) is 3.38. The number of hydrogen-bond acceptors (Lipinski definition) is 15. The Morgan fingerprint density at radius 1 is 0.882 bits per heavy atom. The van der Waals surface area contributed by atoms with Gasteiger partial charge < -0.3 is 43.5 Å². The topological polar surface area (TPSA) is 191 Å². The molecule has 17 unspecified atom stereocenters. The molecule has 1 amide bonds. The Morgan fingerprint density at radius 2 is 1.55 bits per heavy atom. The molecule has 0 aromatic rings. The smallest absolute Gasteiger partial charge is 0.331 e. The van der Waals surface area contributed by atoms with Crippen LogP contribution in [0.5, 0.6) is 0 Å². The zero-order chi connectivity index (χ0) is 57.8. The number of rotatable bonds is 24. The molecule has 17 atom stereocenters. The summed E-state index contributed by atoms with van der Waals surface area (Å²) in [5, 5.41) is 23.9. The SMILES string of the molecule is COCC(C(=O)CC1CC=CC=CC(=O)OC(C(C)C(O)C(C)CCC(OC(=O)C(C)N(C)C)C(C)C(OC(C)=O)C(C)C=CN(C)C=O)CC=CC(OC)CC(C)CC=C(C)C(OC)CCC(C)C(O)C1C)N(C)C. The third kappa shape index (κ3) is 25.2. The summed E-state index contributed by atoms with van der Waals surface area (Å²) < 4.78 is 35.5. The predicted molar refractivity (Wildman–Crippen MR) is 300 cm³/mol. The fourth-order valence-electron chi connectivity index (χ4n) is 9.87. The van der Waals surface area contributed by atoms with Crippen molar-refractivity contribution < 1.29 is 62.6 Å². The van der Waals surface area contributed by atoms with Gasteiger partial charge in [0, 0.05) is 78.2 Å². The molecule has 0 fully saturated rings. The number of cyclic esters (lactones) is 1. The van der Waals surface area contributed by atoms with E-state index in [9.17, 15) is 34.2 Å². The first-order valence-electron chi connectivity index (χ1n) is 27.6. The van der Waals surface area contributed by atoms with Crippen molar-refractivity contribution in [3.8, 4) is 0 Å². The second-order valence-electron chi connectivity index (χ2n) is 22.4. The monoisotopic (exact) mass is 1070 g/mol. The first-order valence-corrected chi connectivity index (χ1v) is 27.6. The van der Waals surface area contributed by atoms with Crippen molar-refractivity contribution in [1.82, 2.24) is 14.7 Å². The van der Waals surface area contributed by atoms with E-state index in [1.807, 2.05) is 71.8 Å². The minimum Gasteiger partial charge on any atom is -0.462 e. The maximum atomic E-state index is 13.8. The highest BCUT2D eigenvalue weighted by atomic mass is 16.6. The molecule has 1 rings (SSSR count). The van der Waals surface area contributed by atoms with Crippen molar-refractivity contribution in [2.75, 3.05) is 63.2 Å². The number of aliphatic hydroxyl groups is 2. The van der Waals surface area contributed by atoms with Crippen molar-refractivity contribution in [3.05, 3.63) is 60.4 Å². The Balaban J connectivity index is 3.70. The summed E-state index contributed by atoms with van der Waals surface area (Å²) in [6, 6.07) is -0.997. The average molecular weight is 1070 g/mol. The van der Waals surface area contributed by atoms with E-state index in [2.05, 4.69) is 26.8 Å². The van der Waals surface area contributed by atoms with Crippen LogP contribution in [-0.2, 0) is 52.4 Å². The normalized spacial score (nSPS) is 26.7. The first kappa shape index (κ1) is 70.0. The molecule has 0 saturated heterocycles. The molecular formula is C60H103N3O13. The van der Waals surface area contributed by atoms with Crippen LogP contribution in [0.1, 0.15) is 127 Å². The highest BCUT2D eigenvalue weighted by Gasteiger charge is 2.37. The van der Waals surface area contributed by atoms with Gasteiger partial charge in [-0.1, -0.05) is 91.0 Å². The Bertz CT molecular complexity index is 1870. The number of nitrogens with zero attached hydrogens (tertiary/aromatic N) is 3. The van der Waals surface area contributed by atoms with E-state index in [1.165, 1.54) is 17.9 Å². The number of aliphatic hydroxyl groups excluding tert-OH is 2. The molecule has 436 valence electrons. The lowest BCUT2D eigenvalue weighted by atomic mass is 9.77. The van der Waals surface area contributed by atoms with Crippen LogP contribution in [0.15, 0.2) is 60.4 Å². The number of hydrogen-bond donors (Lipinski definition) is 2. The molecule has 2 N–H and O–H groups in total. The highest BCUT2D eigenvalue weighted by molar-refractivity contribution is 5.84. The lowest BCUT2D eigenvalue weighted by molar-refractivity contribution is -0.165. The number of ketones is 1. The molecule has 0 saturated carbocycles. The van der Waals surface area contributed by atoms with E-state index in [1.54, 1.807) is 78.7 Å². The Hall–Kier alpha value is -4.03. The molecular weight excluding hydrogens is 971 g/mol. The van der Waals surface area contributed by atoms with Crippen LogP contribution in [0.4, 0.5) is 0 Å². The van der Waals surface area contributed by atoms with Crippen LogP contribution in [0.25, 0.3) is 0 Å². The third-order valence-corrected chi connectivity index (χ3v) is 15.7. The minimum absolute atomic E-state index is 0.0285. The zero-order valence-corrected chi connectivity index (χ0v) is 49.9. The van der Waals surface area contributed by atoms with E-state index in [0.29, 0.717) is 32.1 Å². The molecule has 0 aliphatic carbocycles. The van der Waals surface area contributed by atoms with Crippen LogP contribution >= 0.6 is 0 Å². The summed E-state index contributed by atoms with van der Waals surface area (Å²) in [7, 11) is 13.8. The van der Waals surface area contributed by atoms with E-state index >= 15 is 0 Å². The number of esters is 3. The van der Waals surface area contributed by atoms with E-state index in [-0.39, 0.29) is 66.5 Å². The van der Waals surface area contributed by atoms with Gasteiger partial charge in [0.1, 0.15) is 24.4 Å². The third-order valence-electron chi connectivity index (χ3n) is 15.7. The molecule has 16 nitrogen and oxygen atoms in total. The lowest BCUT2D eigenvalue weighted by Crippen LogP contribution is -2.43. The van der Waals surface area contributed by atoms with Gasteiger partial charge in [-0.2, -0.15) is 0 Å². The van der Waals surface area contributed by atoms with Crippen LogP contribution < -0.4 is 0 Å². The molecule has 1 aliphatic heterocycles. The highest BCUT2D eigenvalue weighted by Crippen LogP contribution is 2.33. The van der Waals surface area contributed by atoms with E-state index in [0.717, 1.165) is 31.3 Å². The van der Waals surface area contributed by atoms with Gasteiger partial charge in [0.25, 0.3) is 0 Å². The molecule has 0 aromatic heterocycles. The van der Waals surface area contributed by atoms with Crippen LogP contribution in [0.3, 0.4) is 0 Å². The van der Waals surface area contributed by atoms with Gasteiger partial charge in [-0.3, -0.25) is 29.0 Å². The van der Waals surface area contributed by atoms with Gasteiger partial charge in [-0.15, -0.1) is 0 Å². The summed E-state index contributed by atoms with van der Waals surface area (Å²) in [6.45, 7) is 19.1. The molecule has 1 aliphatic rings. The van der Waals surface area contributed by atoms with Crippen LogP contribution in [0, 0.1) is 47.3 Å². The molecule has 0 aromatic carbocycles. The van der Waals surface area contributed by atoms with Crippen molar-refractivity contribution in [1.29, 1.82) is 0 Å². The zero-order valence-electron chi connectivity index (χ0n) is 49.9. The van der Waals surface area contributed by atoms with Crippen LogP contribution in [-0.4, -0.2) is 173 Å². The van der Waals surface area contributed by atoms with Gasteiger partial charge in [0.2, 0.25) is 6.41 Å². The maximum Gasteiger partial charge on any atom is 0.331 e. The second-order valence-corrected chi connectivity index (χ2v) is 22.4. The number of allylic oxidation sites excluding steroid dienone is 4. The summed E-state index contributed by atoms with van der Waals surface area (Å²) in [5.74, 6) is -3.51. The second kappa shape index (κ2) is 37.0. The molecule has 0 bridgehead atoms. The number of ether oxygens (including phenoxy) is 6. The minimum atomic E-state index is -0.959. The van der Waals surface area contributed by atoms with Crippen molar-refractivity contribution >= 4 is 30.1 Å². The summed E-state index contributed by atoms with van der Waals surface area (Å²) in [5.41, 5.74) is 1.13. The van der Waals surface area contributed by atoms with Crippen molar-refractivity contribution in [3.63, 3.8) is 0 Å². The molecule has 0 spiro atoms. The standard InChI is InChI=1S/C60H103N3O13/c1-39-27-28-40(2)53(73-18)31-29-41(3)57(68)44(6)49(36-52(66)51(37-71-16)62(13)14)23-20-19-21-26-56(67)75-54(25-22-24-50(35-39)72-17)45(7)58(69)42(4)30-32-55(76-60(70)47(9)61(11)12)46(8)59(74-48(10)65)43(5)33-34-63(15)38-64/h19-22,24,26,28,33-34,38-39,41-47,49-51,53-55,57-59,68-69H,23,25,27,29-32,35-37H2,1-18H3. The number of Topliss-reactive ketones (excluding diaryl/α,β-unsaturated/α-hetero) is 1. The van der Waals surface area contributed by atoms with E-state index in [4.69, 9.17) is 28.4 Å². The number of methoxy groups -OCH3 is 3. The number of carbonyl (C=O) groups excluding carboxylic acids is 5. The Morgan fingerprint density at radius 3 is 2.13 bits per heavy atom. The van der Waals surface area contributed by atoms with Gasteiger partial charge >= 0.3 is 17.9 Å². The first-order chi connectivity index (χ1) is 35.7. The number of likely N-dealkylation sites (N-methyl/N-ethyl adjacent to an activating group) is 2. The molecule has 1 heterocycles.